The average Bonchev–Trinajstić information content (AvgIpc) is 3.06. The summed E-state index contributed by atoms with van der Waals surface area (Å²) in [5.41, 5.74) is 1.46. The summed E-state index contributed by atoms with van der Waals surface area (Å²) in [4.78, 5) is 12.6. The molecule has 28 heavy (non-hydrogen) atoms. The molecule has 0 unspecified atom stereocenters. The maximum Gasteiger partial charge on any atom is 0.255 e. The molecule has 1 saturated heterocycles. The van der Waals surface area contributed by atoms with E-state index in [0.717, 1.165) is 0 Å². The number of sulfonamides is 1. The third-order valence-electron chi connectivity index (χ3n) is 4.44. The quantitative estimate of drug-likeness (QED) is 0.792. The van der Waals surface area contributed by atoms with Crippen LogP contribution in [0.25, 0.3) is 0 Å². The second-order valence-corrected chi connectivity index (χ2v) is 8.17. The van der Waals surface area contributed by atoms with Crippen molar-refractivity contribution >= 4 is 27.3 Å². The summed E-state index contributed by atoms with van der Waals surface area (Å²) in [7, 11) is 1.21. The molecule has 0 radical (unpaired) electrons. The molecule has 0 spiro atoms. The summed E-state index contributed by atoms with van der Waals surface area (Å²) in [6.45, 7) is 0.472. The molecular formula is C19H22N2O6S. The molecular weight excluding hydrogens is 384 g/mol. The van der Waals surface area contributed by atoms with Crippen LogP contribution in [0.3, 0.4) is 0 Å². The molecule has 2 aromatic carbocycles. The van der Waals surface area contributed by atoms with Crippen LogP contribution in [0.2, 0.25) is 0 Å². The molecule has 9 heteroatoms. The van der Waals surface area contributed by atoms with Crippen LogP contribution in [-0.4, -0.2) is 48.0 Å². The Kier molecular flexibility index (Phi) is 5.64. The maximum atomic E-state index is 12.6. The topological polar surface area (TPSA) is 94.2 Å². The Morgan fingerprint density at radius 1 is 1.00 bits per heavy atom. The van der Waals surface area contributed by atoms with Crippen molar-refractivity contribution in [1.82, 2.24) is 0 Å². The molecule has 0 aromatic heterocycles. The number of nitrogens with one attached hydrogen (secondary N) is 1. The van der Waals surface area contributed by atoms with Gasteiger partial charge >= 0.3 is 0 Å². The lowest BCUT2D eigenvalue weighted by Crippen LogP contribution is -2.25. The number of carbonyl (C=O) groups is 1. The van der Waals surface area contributed by atoms with E-state index in [0.29, 0.717) is 47.2 Å². The van der Waals surface area contributed by atoms with Gasteiger partial charge in [-0.05, 0) is 42.8 Å². The zero-order valence-corrected chi connectivity index (χ0v) is 16.7. The van der Waals surface area contributed by atoms with Crippen molar-refractivity contribution in [1.29, 1.82) is 0 Å². The molecule has 8 nitrogen and oxygen atoms in total. The van der Waals surface area contributed by atoms with Gasteiger partial charge < -0.3 is 19.5 Å². The van der Waals surface area contributed by atoms with Crippen molar-refractivity contribution in [2.75, 3.05) is 43.2 Å². The minimum atomic E-state index is -3.23. The first kappa shape index (κ1) is 19.8. The molecule has 2 aromatic rings. The van der Waals surface area contributed by atoms with E-state index in [-0.39, 0.29) is 11.7 Å². The van der Waals surface area contributed by atoms with Crippen molar-refractivity contribution in [2.45, 2.75) is 6.42 Å². The van der Waals surface area contributed by atoms with Crippen LogP contribution in [0, 0.1) is 0 Å². The second-order valence-electron chi connectivity index (χ2n) is 6.16. The molecule has 1 N–H and O–H groups in total. The van der Waals surface area contributed by atoms with Gasteiger partial charge in [-0.2, -0.15) is 0 Å². The van der Waals surface area contributed by atoms with Gasteiger partial charge in [0.1, 0.15) is 0 Å². The number of rotatable bonds is 6. The largest absolute Gasteiger partial charge is 0.493 e. The van der Waals surface area contributed by atoms with Crippen molar-refractivity contribution in [3.05, 3.63) is 42.0 Å². The molecule has 1 aliphatic rings. The van der Waals surface area contributed by atoms with Gasteiger partial charge in [-0.25, -0.2) is 8.42 Å². The van der Waals surface area contributed by atoms with Gasteiger partial charge in [0.2, 0.25) is 15.8 Å². The van der Waals surface area contributed by atoms with Crippen LogP contribution in [0.15, 0.2) is 36.4 Å². The van der Waals surface area contributed by atoms with E-state index in [1.54, 1.807) is 36.4 Å². The predicted octanol–water partition coefficient (Wildman–Crippen LogP) is 2.50. The van der Waals surface area contributed by atoms with Gasteiger partial charge in [0.25, 0.3) is 5.91 Å². The molecule has 0 aliphatic carbocycles. The summed E-state index contributed by atoms with van der Waals surface area (Å²) in [6.07, 6.45) is 0.613. The van der Waals surface area contributed by atoms with Gasteiger partial charge in [0.05, 0.1) is 32.8 Å². The summed E-state index contributed by atoms with van der Waals surface area (Å²) in [6, 6.07) is 9.79. The van der Waals surface area contributed by atoms with Crippen LogP contribution < -0.4 is 23.8 Å². The van der Waals surface area contributed by atoms with Gasteiger partial charge in [-0.1, -0.05) is 0 Å². The first-order valence-electron chi connectivity index (χ1n) is 8.61. The lowest BCUT2D eigenvalue weighted by atomic mass is 10.1. The van der Waals surface area contributed by atoms with Crippen LogP contribution in [-0.2, 0) is 10.0 Å². The van der Waals surface area contributed by atoms with E-state index in [4.69, 9.17) is 14.2 Å². The van der Waals surface area contributed by atoms with E-state index in [1.807, 2.05) is 0 Å². The van der Waals surface area contributed by atoms with Crippen molar-refractivity contribution in [3.63, 3.8) is 0 Å². The highest BCUT2D eigenvalue weighted by Crippen LogP contribution is 2.38. The Bertz CT molecular complexity index is 947. The number of hydrogen-bond acceptors (Lipinski definition) is 6. The monoisotopic (exact) mass is 406 g/mol. The van der Waals surface area contributed by atoms with Gasteiger partial charge in [0.15, 0.2) is 11.5 Å². The molecule has 0 atom stereocenters. The standard InChI is InChI=1S/C19H22N2O6S/c1-25-16-11-13(12-17(26-2)18(16)27-3)19(22)20-14-5-7-15(8-6-14)21-9-4-10-28(21,23)24/h5-8,11-12H,4,9-10H2,1-3H3,(H,20,22). The minimum Gasteiger partial charge on any atom is -0.493 e. The van der Waals surface area contributed by atoms with Crippen molar-refractivity contribution in [3.8, 4) is 17.2 Å². The van der Waals surface area contributed by atoms with Crippen LogP contribution >= 0.6 is 0 Å². The Labute approximate surface area is 164 Å². The third-order valence-corrected chi connectivity index (χ3v) is 6.31. The number of methoxy groups -OCH3 is 3. The third kappa shape index (κ3) is 3.84. The summed E-state index contributed by atoms with van der Waals surface area (Å²) in [5.74, 6) is 0.953. The highest BCUT2D eigenvalue weighted by molar-refractivity contribution is 7.93. The zero-order valence-electron chi connectivity index (χ0n) is 15.9. The smallest absolute Gasteiger partial charge is 0.255 e. The van der Waals surface area contributed by atoms with E-state index in [1.165, 1.54) is 25.6 Å². The van der Waals surface area contributed by atoms with Crippen LogP contribution in [0.4, 0.5) is 11.4 Å². The second kappa shape index (κ2) is 7.97. The highest BCUT2D eigenvalue weighted by Gasteiger charge is 2.28. The molecule has 0 saturated carbocycles. The van der Waals surface area contributed by atoms with E-state index in [9.17, 15) is 13.2 Å². The van der Waals surface area contributed by atoms with Gasteiger partial charge in [0, 0.05) is 17.8 Å². The zero-order chi connectivity index (χ0) is 20.3. The number of amides is 1. The number of hydrogen-bond donors (Lipinski definition) is 1. The summed E-state index contributed by atoms with van der Waals surface area (Å²) < 4.78 is 41.2. The predicted molar refractivity (Wildman–Crippen MR) is 106 cm³/mol. The van der Waals surface area contributed by atoms with Gasteiger partial charge in [-0.15, -0.1) is 0 Å². The van der Waals surface area contributed by atoms with Crippen LogP contribution in [0.1, 0.15) is 16.8 Å². The minimum absolute atomic E-state index is 0.159. The number of ether oxygens (including phenoxy) is 3. The number of anilines is 2. The highest BCUT2D eigenvalue weighted by atomic mass is 32.2. The van der Waals surface area contributed by atoms with Crippen molar-refractivity contribution in [2.24, 2.45) is 0 Å². The van der Waals surface area contributed by atoms with E-state index in [2.05, 4.69) is 5.32 Å². The fraction of sp³-hybridized carbons (Fsp3) is 0.316. The maximum absolute atomic E-state index is 12.6. The number of benzene rings is 2. The molecule has 0 bridgehead atoms. The number of nitrogens with zero attached hydrogens (tertiary/aromatic N) is 1. The molecule has 3 rings (SSSR count). The number of carbonyl (C=O) groups excluding carboxylic acids is 1. The van der Waals surface area contributed by atoms with E-state index >= 15 is 0 Å². The first-order chi connectivity index (χ1) is 13.4. The molecule has 150 valence electrons. The normalized spacial score (nSPS) is 15.2. The van der Waals surface area contributed by atoms with Gasteiger partial charge in [-0.3, -0.25) is 9.10 Å². The molecule has 1 fully saturated rings. The molecule has 1 heterocycles. The fourth-order valence-corrected chi connectivity index (χ4v) is 4.62. The Morgan fingerprint density at radius 3 is 2.07 bits per heavy atom. The van der Waals surface area contributed by atoms with Crippen molar-refractivity contribution < 1.29 is 27.4 Å². The summed E-state index contributed by atoms with van der Waals surface area (Å²) in [5, 5.41) is 2.78. The summed E-state index contributed by atoms with van der Waals surface area (Å²) >= 11 is 0. The average molecular weight is 406 g/mol. The Hall–Kier alpha value is -2.94. The fourth-order valence-electron chi connectivity index (χ4n) is 3.06. The lowest BCUT2D eigenvalue weighted by molar-refractivity contribution is 0.102. The SMILES string of the molecule is COc1cc(C(=O)Nc2ccc(N3CCCS3(=O)=O)cc2)cc(OC)c1OC. The Morgan fingerprint density at radius 2 is 1.61 bits per heavy atom. The lowest BCUT2D eigenvalue weighted by Gasteiger charge is -2.17. The molecule has 1 aliphatic heterocycles. The van der Waals surface area contributed by atoms with E-state index < -0.39 is 10.0 Å². The first-order valence-corrected chi connectivity index (χ1v) is 10.2. The molecule has 1 amide bonds. The van der Waals surface area contributed by atoms with Crippen LogP contribution in [0.5, 0.6) is 17.2 Å². The Balaban J connectivity index is 1.80.